The van der Waals surface area contributed by atoms with Gasteiger partial charge in [0.2, 0.25) is 5.16 Å². The molecule has 0 radical (unpaired) electrons. The van der Waals surface area contributed by atoms with Gasteiger partial charge in [-0.15, -0.1) is 0 Å². The topological polar surface area (TPSA) is 132 Å². The molecule has 2 aromatic heterocycles. The monoisotopic (exact) mass is 419 g/mol. The zero-order valence-electron chi connectivity index (χ0n) is 15.7. The van der Waals surface area contributed by atoms with Crippen LogP contribution in [-0.4, -0.2) is 48.0 Å². The van der Waals surface area contributed by atoms with Crippen LogP contribution < -0.4 is 0 Å². The lowest BCUT2D eigenvalue weighted by molar-refractivity contribution is -0.145. The molecule has 0 aliphatic rings. The number of methoxy groups -OCH3 is 1. The number of esters is 1. The van der Waals surface area contributed by atoms with E-state index in [0.29, 0.717) is 5.16 Å². The van der Waals surface area contributed by atoms with Gasteiger partial charge >= 0.3 is 11.9 Å². The maximum absolute atomic E-state index is 12.4. The van der Waals surface area contributed by atoms with E-state index in [4.69, 9.17) is 5.11 Å². The van der Waals surface area contributed by atoms with E-state index in [0.717, 1.165) is 16.7 Å². The van der Waals surface area contributed by atoms with E-state index in [-0.39, 0.29) is 25.3 Å². The lowest BCUT2D eigenvalue weighted by atomic mass is 10.3. The van der Waals surface area contributed by atoms with Gasteiger partial charge in [0.05, 0.1) is 53.2 Å². The molecule has 0 bridgehead atoms. The third kappa shape index (κ3) is 6.47. The summed E-state index contributed by atoms with van der Waals surface area (Å²) in [5.74, 6) is -1.19. The summed E-state index contributed by atoms with van der Waals surface area (Å²) in [7, 11) is -0.123. The van der Waals surface area contributed by atoms with Crippen molar-refractivity contribution < 1.29 is 28.7 Å². The van der Waals surface area contributed by atoms with Gasteiger partial charge in [0.25, 0.3) is 0 Å². The SMILES string of the molecule is COC(=O)CCC(=O)O.O=S(Cc1ccccn1)c1nc2ccccc2n1CO. The molecule has 3 aromatic rings. The van der Waals surface area contributed by atoms with Gasteiger partial charge in [-0.1, -0.05) is 18.2 Å². The summed E-state index contributed by atoms with van der Waals surface area (Å²) in [6.45, 7) is -0.246. The van der Waals surface area contributed by atoms with E-state index in [2.05, 4.69) is 14.7 Å². The molecule has 1 unspecified atom stereocenters. The lowest BCUT2D eigenvalue weighted by Gasteiger charge is -2.04. The standard InChI is InChI=1S/C14H13N3O2S.C5H8O4/c18-10-17-13-7-2-1-6-12(13)16-14(17)20(19)9-11-5-3-4-8-15-11;1-9-5(8)3-2-4(6)7/h1-8,18H,9-10H2;2-3H2,1H3,(H,6,7). The second kappa shape index (κ2) is 11.0. The molecular formula is C19H21N3O6S. The Kier molecular flexibility index (Phi) is 8.44. The van der Waals surface area contributed by atoms with Gasteiger partial charge in [-0.05, 0) is 24.3 Å². The highest BCUT2D eigenvalue weighted by Gasteiger charge is 2.16. The zero-order valence-corrected chi connectivity index (χ0v) is 16.5. The third-order valence-electron chi connectivity index (χ3n) is 3.74. The number of hydrogen-bond donors (Lipinski definition) is 2. The molecular weight excluding hydrogens is 398 g/mol. The van der Waals surface area contributed by atoms with Crippen molar-refractivity contribution in [3.63, 3.8) is 0 Å². The fraction of sp³-hybridized carbons (Fsp3) is 0.263. The maximum atomic E-state index is 12.4. The highest BCUT2D eigenvalue weighted by molar-refractivity contribution is 7.84. The summed E-state index contributed by atoms with van der Waals surface area (Å²) >= 11 is 0. The second-order valence-electron chi connectivity index (χ2n) is 5.73. The molecule has 1 atom stereocenters. The molecule has 3 rings (SSSR count). The Morgan fingerprint density at radius 3 is 2.48 bits per heavy atom. The summed E-state index contributed by atoms with van der Waals surface area (Å²) in [4.78, 5) is 28.6. The average molecular weight is 419 g/mol. The lowest BCUT2D eigenvalue weighted by Crippen LogP contribution is -2.08. The number of imidazole rings is 1. The van der Waals surface area contributed by atoms with E-state index in [9.17, 15) is 18.9 Å². The molecule has 0 spiro atoms. The first kappa shape index (κ1) is 22.2. The minimum atomic E-state index is -1.35. The molecule has 1 aromatic carbocycles. The number of para-hydroxylation sites is 2. The summed E-state index contributed by atoms with van der Waals surface area (Å²) in [6.07, 6.45) is 1.46. The Morgan fingerprint density at radius 1 is 1.14 bits per heavy atom. The molecule has 154 valence electrons. The van der Waals surface area contributed by atoms with Crippen molar-refractivity contribution in [3.8, 4) is 0 Å². The Balaban J connectivity index is 0.000000284. The van der Waals surface area contributed by atoms with E-state index < -0.39 is 22.7 Å². The number of carbonyl (C=O) groups is 2. The van der Waals surface area contributed by atoms with Crippen LogP contribution in [0, 0.1) is 0 Å². The van der Waals surface area contributed by atoms with Crippen molar-refractivity contribution in [1.29, 1.82) is 0 Å². The number of hydrogen-bond acceptors (Lipinski definition) is 7. The molecule has 0 aliphatic carbocycles. The fourth-order valence-electron chi connectivity index (χ4n) is 2.36. The van der Waals surface area contributed by atoms with E-state index >= 15 is 0 Å². The number of aliphatic hydroxyl groups is 1. The van der Waals surface area contributed by atoms with Crippen LogP contribution in [0.5, 0.6) is 0 Å². The number of nitrogens with zero attached hydrogens (tertiary/aromatic N) is 3. The Morgan fingerprint density at radius 2 is 1.86 bits per heavy atom. The number of rotatable bonds is 7. The first-order valence-electron chi connectivity index (χ1n) is 8.59. The van der Waals surface area contributed by atoms with Crippen LogP contribution >= 0.6 is 0 Å². The van der Waals surface area contributed by atoms with E-state index in [1.165, 1.54) is 7.11 Å². The molecule has 0 saturated carbocycles. The second-order valence-corrected chi connectivity index (χ2v) is 7.08. The quantitative estimate of drug-likeness (QED) is 0.553. The smallest absolute Gasteiger partial charge is 0.306 e. The van der Waals surface area contributed by atoms with Crippen LogP contribution in [-0.2, 0) is 37.6 Å². The van der Waals surface area contributed by atoms with Crippen LogP contribution in [0.25, 0.3) is 11.0 Å². The molecule has 9 nitrogen and oxygen atoms in total. The predicted molar refractivity (Wildman–Crippen MR) is 105 cm³/mol. The zero-order chi connectivity index (χ0) is 21.2. The molecule has 0 amide bonds. The molecule has 29 heavy (non-hydrogen) atoms. The van der Waals surface area contributed by atoms with Crippen molar-refractivity contribution >= 4 is 33.8 Å². The number of aliphatic carboxylic acids is 1. The number of benzene rings is 1. The summed E-state index contributed by atoms with van der Waals surface area (Å²) in [5, 5.41) is 17.9. The molecule has 2 N–H and O–H groups in total. The number of carbonyl (C=O) groups excluding carboxylic acids is 1. The van der Waals surface area contributed by atoms with Crippen molar-refractivity contribution in [2.45, 2.75) is 30.5 Å². The molecule has 0 aliphatic heterocycles. The first-order valence-corrected chi connectivity index (χ1v) is 9.91. The fourth-order valence-corrected chi connectivity index (χ4v) is 3.53. The number of carboxylic acid groups (broad SMARTS) is 1. The molecule has 0 fully saturated rings. The largest absolute Gasteiger partial charge is 0.481 e. The van der Waals surface area contributed by atoms with Gasteiger partial charge in [0.15, 0.2) is 0 Å². The highest BCUT2D eigenvalue weighted by Crippen LogP contribution is 2.19. The van der Waals surface area contributed by atoms with Crippen molar-refractivity contribution in [1.82, 2.24) is 14.5 Å². The summed E-state index contributed by atoms with van der Waals surface area (Å²) in [6, 6.07) is 12.9. The van der Waals surface area contributed by atoms with Crippen molar-refractivity contribution in [2.24, 2.45) is 0 Å². The molecule has 2 heterocycles. The van der Waals surface area contributed by atoms with E-state index in [1.54, 1.807) is 10.8 Å². The Bertz CT molecular complexity index is 990. The predicted octanol–water partition coefficient (Wildman–Crippen LogP) is 1.71. The summed E-state index contributed by atoms with van der Waals surface area (Å²) in [5.41, 5.74) is 2.24. The third-order valence-corrected chi connectivity index (χ3v) is 5.02. The number of fused-ring (bicyclic) bond motifs is 1. The Hall–Kier alpha value is -3.11. The van der Waals surface area contributed by atoms with Crippen LogP contribution in [0.3, 0.4) is 0 Å². The highest BCUT2D eigenvalue weighted by atomic mass is 32.2. The number of ether oxygens (including phenoxy) is 1. The van der Waals surface area contributed by atoms with Gasteiger partial charge in [-0.2, -0.15) is 0 Å². The Labute approximate surface area is 169 Å². The molecule has 10 heteroatoms. The van der Waals surface area contributed by atoms with Crippen LogP contribution in [0.2, 0.25) is 0 Å². The van der Waals surface area contributed by atoms with Gasteiger partial charge in [-0.3, -0.25) is 23.3 Å². The number of aromatic nitrogens is 3. The van der Waals surface area contributed by atoms with E-state index in [1.807, 2.05) is 42.5 Å². The summed E-state index contributed by atoms with van der Waals surface area (Å²) < 4.78 is 18.2. The minimum Gasteiger partial charge on any atom is -0.481 e. The van der Waals surface area contributed by atoms with Gasteiger partial charge in [0, 0.05) is 6.20 Å². The van der Waals surface area contributed by atoms with Crippen LogP contribution in [0.15, 0.2) is 53.8 Å². The van der Waals surface area contributed by atoms with Crippen molar-refractivity contribution in [3.05, 3.63) is 54.4 Å². The number of aliphatic hydroxyl groups excluding tert-OH is 1. The van der Waals surface area contributed by atoms with Gasteiger partial charge < -0.3 is 14.9 Å². The first-order chi connectivity index (χ1) is 14.0. The van der Waals surface area contributed by atoms with Gasteiger partial charge in [-0.25, -0.2) is 4.98 Å². The normalized spacial score (nSPS) is 11.4. The van der Waals surface area contributed by atoms with Crippen LogP contribution in [0.1, 0.15) is 18.5 Å². The van der Waals surface area contributed by atoms with Crippen molar-refractivity contribution in [2.75, 3.05) is 7.11 Å². The number of carboxylic acids is 1. The number of pyridine rings is 1. The van der Waals surface area contributed by atoms with Gasteiger partial charge in [0.1, 0.15) is 6.73 Å². The average Bonchev–Trinajstić information content (AvgIpc) is 3.12. The maximum Gasteiger partial charge on any atom is 0.306 e. The molecule has 0 saturated heterocycles. The minimum absolute atomic E-state index is 0.0498. The van der Waals surface area contributed by atoms with Crippen LogP contribution in [0.4, 0.5) is 0 Å².